The Morgan fingerprint density at radius 2 is 2.00 bits per heavy atom. The van der Waals surface area contributed by atoms with Crippen molar-refractivity contribution in [1.29, 1.82) is 0 Å². The lowest BCUT2D eigenvalue weighted by molar-refractivity contribution is 0.414. The lowest BCUT2D eigenvalue weighted by atomic mass is 9.99. The van der Waals surface area contributed by atoms with Crippen LogP contribution in [0.4, 0.5) is 0 Å². The molecular weight excluding hydrogens is 260 g/mol. The topological polar surface area (TPSA) is 34.2 Å². The molecule has 0 spiro atoms. The Labute approximate surface area is 118 Å². The maximum Gasteiger partial charge on any atom is 0.118 e. The number of rotatable bonds is 5. The number of nitrogens with one attached hydrogen (secondary N) is 1. The molecule has 0 saturated carbocycles. The number of hydrogen-bond acceptors (Lipinski definition) is 3. The van der Waals surface area contributed by atoms with Gasteiger partial charge in [0, 0.05) is 18.4 Å². The summed E-state index contributed by atoms with van der Waals surface area (Å²) in [5.74, 6) is 0.862. The first-order chi connectivity index (χ1) is 9.24. The summed E-state index contributed by atoms with van der Waals surface area (Å²) in [4.78, 5) is 4.00. The van der Waals surface area contributed by atoms with Gasteiger partial charge in [0.05, 0.1) is 12.1 Å². The number of hydrogen-bond donors (Lipinski definition) is 1. The number of methoxy groups -OCH3 is 1. The lowest BCUT2D eigenvalue weighted by Crippen LogP contribution is -2.19. The van der Waals surface area contributed by atoms with Crippen LogP contribution in [-0.4, -0.2) is 19.1 Å². The van der Waals surface area contributed by atoms with E-state index in [1.54, 1.807) is 19.5 Å². The molecule has 1 aromatic heterocycles. The minimum Gasteiger partial charge on any atom is -0.497 e. The molecule has 0 aliphatic rings. The van der Waals surface area contributed by atoms with Crippen LogP contribution in [-0.2, 0) is 6.42 Å². The normalized spacial score (nSPS) is 12.2. The van der Waals surface area contributed by atoms with Gasteiger partial charge in [-0.15, -0.1) is 0 Å². The van der Waals surface area contributed by atoms with E-state index in [9.17, 15) is 0 Å². The third-order valence-corrected chi connectivity index (χ3v) is 3.49. The van der Waals surface area contributed by atoms with Crippen LogP contribution in [0.1, 0.15) is 17.2 Å². The minimum absolute atomic E-state index is 0.214. The van der Waals surface area contributed by atoms with Crippen LogP contribution < -0.4 is 10.1 Å². The van der Waals surface area contributed by atoms with Crippen molar-refractivity contribution in [2.24, 2.45) is 0 Å². The number of likely N-dealkylation sites (N-methyl/N-ethyl adjacent to an activating group) is 1. The number of halogens is 1. The van der Waals surface area contributed by atoms with Crippen molar-refractivity contribution in [3.05, 3.63) is 58.9 Å². The number of aromatic nitrogens is 1. The summed E-state index contributed by atoms with van der Waals surface area (Å²) in [5.41, 5.74) is 2.29. The zero-order valence-electron chi connectivity index (χ0n) is 11.1. The van der Waals surface area contributed by atoms with E-state index in [0.717, 1.165) is 17.7 Å². The van der Waals surface area contributed by atoms with E-state index in [1.165, 1.54) is 5.56 Å². The quantitative estimate of drug-likeness (QED) is 0.910. The lowest BCUT2D eigenvalue weighted by Gasteiger charge is -2.17. The second-order valence-electron chi connectivity index (χ2n) is 4.29. The molecule has 2 aromatic rings. The van der Waals surface area contributed by atoms with E-state index in [-0.39, 0.29) is 6.04 Å². The maximum atomic E-state index is 6.15. The highest BCUT2D eigenvalue weighted by Crippen LogP contribution is 2.24. The van der Waals surface area contributed by atoms with E-state index in [2.05, 4.69) is 22.4 Å². The Bertz CT molecular complexity index is 528. The van der Waals surface area contributed by atoms with Gasteiger partial charge in [-0.2, -0.15) is 0 Å². The van der Waals surface area contributed by atoms with Gasteiger partial charge in [0.25, 0.3) is 0 Å². The van der Waals surface area contributed by atoms with Crippen molar-refractivity contribution >= 4 is 11.6 Å². The van der Waals surface area contributed by atoms with Gasteiger partial charge in [-0.3, -0.25) is 4.98 Å². The molecule has 1 aromatic carbocycles. The van der Waals surface area contributed by atoms with Gasteiger partial charge in [0.2, 0.25) is 0 Å². The van der Waals surface area contributed by atoms with Gasteiger partial charge in [-0.25, -0.2) is 0 Å². The number of benzene rings is 1. The summed E-state index contributed by atoms with van der Waals surface area (Å²) in [6.07, 6.45) is 4.27. The average molecular weight is 277 g/mol. The van der Waals surface area contributed by atoms with Crippen LogP contribution in [0.15, 0.2) is 42.7 Å². The van der Waals surface area contributed by atoms with E-state index >= 15 is 0 Å². The second-order valence-corrected chi connectivity index (χ2v) is 4.69. The Morgan fingerprint density at radius 1 is 1.26 bits per heavy atom. The number of pyridine rings is 1. The smallest absolute Gasteiger partial charge is 0.118 e. The molecule has 2 rings (SSSR count). The van der Waals surface area contributed by atoms with E-state index < -0.39 is 0 Å². The van der Waals surface area contributed by atoms with Crippen molar-refractivity contribution in [2.75, 3.05) is 14.2 Å². The fraction of sp³-hybridized carbons (Fsp3) is 0.267. The summed E-state index contributed by atoms with van der Waals surface area (Å²) in [5, 5.41) is 4.02. The summed E-state index contributed by atoms with van der Waals surface area (Å²) < 4.78 is 5.17. The van der Waals surface area contributed by atoms with Crippen molar-refractivity contribution < 1.29 is 4.74 Å². The maximum absolute atomic E-state index is 6.15. The molecule has 0 bridgehead atoms. The minimum atomic E-state index is 0.214. The molecule has 1 unspecified atom stereocenters. The third-order valence-electron chi connectivity index (χ3n) is 3.15. The molecule has 100 valence electrons. The molecule has 0 radical (unpaired) electrons. The van der Waals surface area contributed by atoms with Crippen molar-refractivity contribution in [1.82, 2.24) is 10.3 Å². The second kappa shape index (κ2) is 6.55. The monoisotopic (exact) mass is 276 g/mol. The van der Waals surface area contributed by atoms with Crippen molar-refractivity contribution in [3.8, 4) is 5.75 Å². The first-order valence-electron chi connectivity index (χ1n) is 6.14. The Hall–Kier alpha value is -1.58. The van der Waals surface area contributed by atoms with E-state index in [0.29, 0.717) is 5.02 Å². The Kier molecular flexibility index (Phi) is 4.77. The van der Waals surface area contributed by atoms with Gasteiger partial charge in [0.15, 0.2) is 0 Å². The van der Waals surface area contributed by atoms with Crippen LogP contribution >= 0.6 is 11.6 Å². The molecule has 4 heteroatoms. The molecule has 0 saturated heterocycles. The van der Waals surface area contributed by atoms with Gasteiger partial charge in [-0.1, -0.05) is 23.7 Å². The molecule has 0 fully saturated rings. The SMILES string of the molecule is CNC(Cc1ccncc1Cl)c1ccc(OC)cc1. The average Bonchev–Trinajstić information content (AvgIpc) is 2.47. The molecular formula is C15H17ClN2O. The zero-order valence-corrected chi connectivity index (χ0v) is 11.8. The number of ether oxygens (including phenoxy) is 1. The standard InChI is InChI=1S/C15H17ClN2O/c1-17-15(9-12-7-8-18-10-14(12)16)11-3-5-13(19-2)6-4-11/h3-8,10,15,17H,9H2,1-2H3. The summed E-state index contributed by atoms with van der Waals surface area (Å²) in [6, 6.07) is 10.2. The third kappa shape index (κ3) is 3.46. The molecule has 1 heterocycles. The van der Waals surface area contributed by atoms with E-state index in [4.69, 9.17) is 16.3 Å². The molecule has 1 N–H and O–H groups in total. The predicted molar refractivity (Wildman–Crippen MR) is 77.7 cm³/mol. The molecule has 0 aliphatic carbocycles. The summed E-state index contributed by atoms with van der Waals surface area (Å²) >= 11 is 6.15. The highest BCUT2D eigenvalue weighted by Gasteiger charge is 2.12. The van der Waals surface area contributed by atoms with Crippen molar-refractivity contribution in [3.63, 3.8) is 0 Å². The van der Waals surface area contributed by atoms with E-state index in [1.807, 2.05) is 25.2 Å². The predicted octanol–water partition coefficient (Wildman–Crippen LogP) is 3.25. The fourth-order valence-electron chi connectivity index (χ4n) is 2.01. The van der Waals surface area contributed by atoms with Crippen LogP contribution in [0, 0.1) is 0 Å². The van der Waals surface area contributed by atoms with Crippen LogP contribution in [0.2, 0.25) is 5.02 Å². The van der Waals surface area contributed by atoms with Crippen LogP contribution in [0.5, 0.6) is 5.75 Å². The Morgan fingerprint density at radius 3 is 2.58 bits per heavy atom. The summed E-state index contributed by atoms with van der Waals surface area (Å²) in [6.45, 7) is 0. The highest BCUT2D eigenvalue weighted by atomic mass is 35.5. The van der Waals surface area contributed by atoms with Crippen molar-refractivity contribution in [2.45, 2.75) is 12.5 Å². The molecule has 3 nitrogen and oxygen atoms in total. The molecule has 19 heavy (non-hydrogen) atoms. The molecule has 0 aliphatic heterocycles. The van der Waals surface area contributed by atoms with Gasteiger partial charge >= 0.3 is 0 Å². The fourth-order valence-corrected chi connectivity index (χ4v) is 2.21. The highest BCUT2D eigenvalue weighted by molar-refractivity contribution is 6.31. The largest absolute Gasteiger partial charge is 0.497 e. The molecule has 1 atom stereocenters. The van der Waals surface area contributed by atoms with Gasteiger partial charge < -0.3 is 10.1 Å². The first-order valence-corrected chi connectivity index (χ1v) is 6.52. The summed E-state index contributed by atoms with van der Waals surface area (Å²) in [7, 11) is 3.62. The Balaban J connectivity index is 2.17. The number of nitrogens with zero attached hydrogens (tertiary/aromatic N) is 1. The van der Waals surface area contributed by atoms with Crippen LogP contribution in [0.3, 0.4) is 0 Å². The van der Waals surface area contributed by atoms with Crippen LogP contribution in [0.25, 0.3) is 0 Å². The van der Waals surface area contributed by atoms with Gasteiger partial charge in [0.1, 0.15) is 5.75 Å². The molecule has 0 amide bonds. The van der Waals surface area contributed by atoms with Gasteiger partial charge in [-0.05, 0) is 42.8 Å². The zero-order chi connectivity index (χ0) is 13.7. The first kappa shape index (κ1) is 13.8.